The first-order valence-electron chi connectivity index (χ1n) is 6.33. The van der Waals surface area contributed by atoms with E-state index in [4.69, 9.17) is 9.68 Å². The van der Waals surface area contributed by atoms with Crippen molar-refractivity contribution in [3.63, 3.8) is 0 Å². The van der Waals surface area contributed by atoms with Gasteiger partial charge in [-0.1, -0.05) is 20.8 Å². The second kappa shape index (κ2) is 6.85. The number of furan rings is 1. The van der Waals surface area contributed by atoms with Crippen molar-refractivity contribution in [3.05, 3.63) is 23.7 Å². The first-order valence-corrected chi connectivity index (χ1v) is 6.33. The van der Waals surface area contributed by atoms with Crippen molar-refractivity contribution in [2.24, 2.45) is 5.92 Å². The second-order valence-electron chi connectivity index (χ2n) is 4.67. The summed E-state index contributed by atoms with van der Waals surface area (Å²) in [5, 5.41) is 8.63. The Morgan fingerprint density at radius 1 is 1.50 bits per heavy atom. The van der Waals surface area contributed by atoms with E-state index in [2.05, 4.69) is 6.07 Å². The molecule has 0 aliphatic carbocycles. The molecule has 0 saturated carbocycles. The van der Waals surface area contributed by atoms with Gasteiger partial charge in [-0.2, -0.15) is 5.26 Å². The quantitative estimate of drug-likeness (QED) is 0.777. The molecule has 0 saturated heterocycles. The van der Waals surface area contributed by atoms with Crippen LogP contribution in [0.3, 0.4) is 0 Å². The fourth-order valence-corrected chi connectivity index (χ4v) is 1.74. The molecule has 0 spiro atoms. The van der Waals surface area contributed by atoms with E-state index in [1.54, 1.807) is 11.0 Å². The summed E-state index contributed by atoms with van der Waals surface area (Å²) in [5.41, 5.74) is 0. The number of hydrogen-bond acceptors (Lipinski definition) is 3. The van der Waals surface area contributed by atoms with Gasteiger partial charge < -0.3 is 9.32 Å². The standard InChI is InChI=1S/C14H20N2O2/c1-4-12-6-7-13(18-12)14(17)16(9-5-8-15)10-11(2)3/h6-7,11H,4-5,9-10H2,1-3H3. The normalized spacial score (nSPS) is 10.4. The molecule has 0 aromatic carbocycles. The number of aryl methyl sites for hydroxylation is 1. The van der Waals surface area contributed by atoms with Crippen molar-refractivity contribution >= 4 is 5.91 Å². The molecule has 18 heavy (non-hydrogen) atoms. The highest BCUT2D eigenvalue weighted by atomic mass is 16.4. The van der Waals surface area contributed by atoms with Crippen LogP contribution >= 0.6 is 0 Å². The van der Waals surface area contributed by atoms with E-state index >= 15 is 0 Å². The van der Waals surface area contributed by atoms with Crippen LogP contribution in [0.5, 0.6) is 0 Å². The van der Waals surface area contributed by atoms with Crippen molar-refractivity contribution in [1.82, 2.24) is 4.90 Å². The predicted molar refractivity (Wildman–Crippen MR) is 69.1 cm³/mol. The zero-order valence-electron chi connectivity index (χ0n) is 11.3. The summed E-state index contributed by atoms with van der Waals surface area (Å²) < 4.78 is 5.46. The van der Waals surface area contributed by atoms with Gasteiger partial charge in [-0.3, -0.25) is 4.79 Å². The number of carbonyl (C=O) groups excluding carboxylic acids is 1. The zero-order valence-corrected chi connectivity index (χ0v) is 11.3. The largest absolute Gasteiger partial charge is 0.456 e. The molecular formula is C14H20N2O2. The molecule has 98 valence electrons. The van der Waals surface area contributed by atoms with Gasteiger partial charge >= 0.3 is 0 Å². The van der Waals surface area contributed by atoms with Crippen LogP contribution in [0, 0.1) is 17.2 Å². The average molecular weight is 248 g/mol. The van der Waals surface area contributed by atoms with Crippen LogP contribution in [0.25, 0.3) is 0 Å². The van der Waals surface area contributed by atoms with E-state index < -0.39 is 0 Å². The van der Waals surface area contributed by atoms with Gasteiger partial charge in [0.15, 0.2) is 5.76 Å². The van der Waals surface area contributed by atoms with Gasteiger partial charge in [0.2, 0.25) is 0 Å². The number of nitrogens with zero attached hydrogens (tertiary/aromatic N) is 2. The van der Waals surface area contributed by atoms with Gasteiger partial charge in [-0.05, 0) is 18.1 Å². The lowest BCUT2D eigenvalue weighted by Gasteiger charge is -2.22. The molecule has 1 aromatic rings. The van der Waals surface area contributed by atoms with Gasteiger partial charge in [0.05, 0.1) is 12.5 Å². The van der Waals surface area contributed by atoms with Gasteiger partial charge in [0.1, 0.15) is 5.76 Å². The molecule has 4 nitrogen and oxygen atoms in total. The number of hydrogen-bond donors (Lipinski definition) is 0. The van der Waals surface area contributed by atoms with Crippen LogP contribution in [0.1, 0.15) is 43.5 Å². The number of nitriles is 1. The van der Waals surface area contributed by atoms with Gasteiger partial charge in [-0.25, -0.2) is 0 Å². The fraction of sp³-hybridized carbons (Fsp3) is 0.571. The van der Waals surface area contributed by atoms with Crippen LogP contribution in [-0.4, -0.2) is 23.9 Å². The zero-order chi connectivity index (χ0) is 13.5. The molecule has 0 aliphatic rings. The van der Waals surface area contributed by atoms with Crippen LogP contribution in [0.4, 0.5) is 0 Å². The third kappa shape index (κ3) is 3.92. The third-order valence-corrected chi connectivity index (χ3v) is 2.59. The van der Waals surface area contributed by atoms with E-state index in [-0.39, 0.29) is 5.91 Å². The van der Waals surface area contributed by atoms with Crippen LogP contribution in [0.2, 0.25) is 0 Å². The van der Waals surface area contributed by atoms with E-state index in [9.17, 15) is 4.79 Å². The maximum atomic E-state index is 12.2. The first kappa shape index (κ1) is 14.3. The van der Waals surface area contributed by atoms with Gasteiger partial charge in [-0.15, -0.1) is 0 Å². The van der Waals surface area contributed by atoms with Crippen molar-refractivity contribution in [1.29, 1.82) is 5.26 Å². The predicted octanol–water partition coefficient (Wildman–Crippen LogP) is 2.85. The molecule has 0 bridgehead atoms. The van der Waals surface area contributed by atoms with Crippen molar-refractivity contribution in [2.45, 2.75) is 33.6 Å². The molecule has 0 aliphatic heterocycles. The summed E-state index contributed by atoms with van der Waals surface area (Å²) in [6.07, 6.45) is 1.12. The number of amides is 1. The Bertz CT molecular complexity index is 429. The minimum atomic E-state index is -0.126. The molecule has 0 atom stereocenters. The Hall–Kier alpha value is -1.76. The minimum absolute atomic E-state index is 0.126. The lowest BCUT2D eigenvalue weighted by Crippen LogP contribution is -2.34. The number of rotatable bonds is 6. The first-order chi connectivity index (χ1) is 8.58. The second-order valence-corrected chi connectivity index (χ2v) is 4.67. The van der Waals surface area contributed by atoms with Gasteiger partial charge in [0.25, 0.3) is 5.91 Å². The topological polar surface area (TPSA) is 57.2 Å². The molecule has 0 fully saturated rings. The lowest BCUT2D eigenvalue weighted by molar-refractivity contribution is 0.0706. The Morgan fingerprint density at radius 3 is 2.72 bits per heavy atom. The van der Waals surface area contributed by atoms with Crippen LogP contribution in [-0.2, 0) is 6.42 Å². The molecular weight excluding hydrogens is 228 g/mol. The average Bonchev–Trinajstić information content (AvgIpc) is 2.81. The van der Waals surface area contributed by atoms with Crippen LogP contribution < -0.4 is 0 Å². The van der Waals surface area contributed by atoms with E-state index in [1.807, 2.05) is 26.8 Å². The Balaban J connectivity index is 2.77. The molecule has 0 N–H and O–H groups in total. The fourth-order valence-electron chi connectivity index (χ4n) is 1.74. The molecule has 1 heterocycles. The summed E-state index contributed by atoms with van der Waals surface area (Å²) in [5.74, 6) is 1.42. The SMILES string of the molecule is CCc1ccc(C(=O)N(CCC#N)CC(C)C)o1. The summed E-state index contributed by atoms with van der Waals surface area (Å²) >= 11 is 0. The molecule has 0 radical (unpaired) electrons. The Labute approximate surface area is 108 Å². The van der Waals surface area contributed by atoms with Crippen molar-refractivity contribution in [3.8, 4) is 6.07 Å². The Morgan fingerprint density at radius 2 is 2.22 bits per heavy atom. The lowest BCUT2D eigenvalue weighted by atomic mass is 10.2. The van der Waals surface area contributed by atoms with E-state index in [1.165, 1.54) is 0 Å². The Kier molecular flexibility index (Phi) is 5.44. The molecule has 1 rings (SSSR count). The summed E-state index contributed by atoms with van der Waals surface area (Å²) in [7, 11) is 0. The number of carbonyl (C=O) groups is 1. The monoisotopic (exact) mass is 248 g/mol. The highest BCUT2D eigenvalue weighted by Gasteiger charge is 2.19. The van der Waals surface area contributed by atoms with E-state index in [0.29, 0.717) is 31.2 Å². The summed E-state index contributed by atoms with van der Waals surface area (Å²) in [6.45, 7) is 7.17. The smallest absolute Gasteiger partial charge is 0.289 e. The van der Waals surface area contributed by atoms with E-state index in [0.717, 1.165) is 12.2 Å². The third-order valence-electron chi connectivity index (χ3n) is 2.59. The molecule has 0 unspecified atom stereocenters. The molecule has 4 heteroatoms. The summed E-state index contributed by atoms with van der Waals surface area (Å²) in [4.78, 5) is 13.9. The van der Waals surface area contributed by atoms with Crippen molar-refractivity contribution in [2.75, 3.05) is 13.1 Å². The summed E-state index contributed by atoms with van der Waals surface area (Å²) in [6, 6.07) is 5.60. The highest BCUT2D eigenvalue weighted by molar-refractivity contribution is 5.91. The highest BCUT2D eigenvalue weighted by Crippen LogP contribution is 2.13. The van der Waals surface area contributed by atoms with Crippen molar-refractivity contribution < 1.29 is 9.21 Å². The molecule has 1 aromatic heterocycles. The molecule has 1 amide bonds. The van der Waals surface area contributed by atoms with Gasteiger partial charge in [0, 0.05) is 19.5 Å². The van der Waals surface area contributed by atoms with Crippen LogP contribution in [0.15, 0.2) is 16.5 Å². The minimum Gasteiger partial charge on any atom is -0.456 e. The maximum absolute atomic E-state index is 12.2. The maximum Gasteiger partial charge on any atom is 0.289 e.